The van der Waals surface area contributed by atoms with Gasteiger partial charge in [0.2, 0.25) is 0 Å². The Labute approximate surface area is 240 Å². The summed E-state index contributed by atoms with van der Waals surface area (Å²) in [5.41, 5.74) is 10.0. The molecule has 6 aromatic carbocycles. The number of anilines is 3. The highest BCUT2D eigenvalue weighted by Crippen LogP contribution is 2.43. The van der Waals surface area contributed by atoms with Crippen LogP contribution in [0.5, 0.6) is 0 Å². The van der Waals surface area contributed by atoms with E-state index in [-0.39, 0.29) is 0 Å². The second kappa shape index (κ2) is 11.0. The zero-order valence-electron chi connectivity index (χ0n) is 22.6. The van der Waals surface area contributed by atoms with Crippen molar-refractivity contribution >= 4 is 27.8 Å². The Morgan fingerprint density at radius 1 is 0.415 bits per heavy atom. The number of rotatable bonds is 6. The van der Waals surface area contributed by atoms with E-state index in [0.717, 1.165) is 28.3 Å². The van der Waals surface area contributed by atoms with E-state index in [1.807, 2.05) is 24.4 Å². The van der Waals surface area contributed by atoms with Crippen molar-refractivity contribution in [2.45, 2.75) is 0 Å². The predicted molar refractivity (Wildman–Crippen MR) is 173 cm³/mol. The lowest BCUT2D eigenvalue weighted by Crippen LogP contribution is -2.11. The van der Waals surface area contributed by atoms with Crippen molar-refractivity contribution in [1.29, 1.82) is 0 Å². The van der Waals surface area contributed by atoms with Crippen LogP contribution < -0.4 is 4.90 Å². The van der Waals surface area contributed by atoms with Crippen LogP contribution in [0.2, 0.25) is 0 Å². The van der Waals surface area contributed by atoms with Crippen molar-refractivity contribution in [2.75, 3.05) is 4.90 Å². The highest BCUT2D eigenvalue weighted by Gasteiger charge is 2.19. The van der Waals surface area contributed by atoms with Crippen LogP contribution in [0, 0.1) is 0 Å². The van der Waals surface area contributed by atoms with Crippen molar-refractivity contribution in [3.63, 3.8) is 0 Å². The average Bonchev–Trinajstić information content (AvgIpc) is 3.06. The van der Waals surface area contributed by atoms with Gasteiger partial charge in [-0.15, -0.1) is 0 Å². The van der Waals surface area contributed by atoms with E-state index in [1.165, 1.54) is 33.0 Å². The molecular formula is C39H28N2. The first kappa shape index (κ1) is 24.6. The number of aromatic nitrogens is 1. The third-order valence-corrected chi connectivity index (χ3v) is 7.50. The lowest BCUT2D eigenvalue weighted by Gasteiger charge is -2.28. The van der Waals surface area contributed by atoms with E-state index in [2.05, 4.69) is 150 Å². The normalized spacial score (nSPS) is 10.9. The summed E-state index contributed by atoms with van der Waals surface area (Å²) in [6.07, 6.45) is 1.99. The summed E-state index contributed by atoms with van der Waals surface area (Å²) in [5, 5.41) is 2.40. The second-order valence-corrected chi connectivity index (χ2v) is 10.1. The first-order valence-electron chi connectivity index (χ1n) is 13.9. The first-order chi connectivity index (χ1) is 20.3. The average molecular weight is 525 g/mol. The molecule has 0 amide bonds. The van der Waals surface area contributed by atoms with Crippen LogP contribution in [-0.2, 0) is 0 Å². The summed E-state index contributed by atoms with van der Waals surface area (Å²) in [7, 11) is 0. The second-order valence-electron chi connectivity index (χ2n) is 10.1. The minimum Gasteiger partial charge on any atom is -0.308 e. The molecule has 0 spiro atoms. The van der Waals surface area contributed by atoms with Crippen molar-refractivity contribution < 1.29 is 0 Å². The molecule has 0 N–H and O–H groups in total. The minimum atomic E-state index is 0.954. The van der Waals surface area contributed by atoms with Gasteiger partial charge in [0.1, 0.15) is 0 Å². The predicted octanol–water partition coefficient (Wildman–Crippen LogP) is 10.7. The fourth-order valence-electron chi connectivity index (χ4n) is 5.55. The lowest BCUT2D eigenvalue weighted by molar-refractivity contribution is 1.24. The highest BCUT2D eigenvalue weighted by atomic mass is 15.1. The SMILES string of the molecule is c1ccc(-c2cccc(N(c3ccc(-c4ccccc4)nc3)c3cccc4cccc(-c5ccccc5)c34)c2)cc1. The van der Waals surface area contributed by atoms with Crippen LogP contribution >= 0.6 is 0 Å². The topological polar surface area (TPSA) is 16.1 Å². The van der Waals surface area contributed by atoms with Gasteiger partial charge in [0.05, 0.1) is 23.3 Å². The molecule has 7 aromatic rings. The zero-order valence-corrected chi connectivity index (χ0v) is 22.6. The van der Waals surface area contributed by atoms with Crippen molar-refractivity contribution in [3.8, 4) is 33.5 Å². The summed E-state index contributed by atoms with van der Waals surface area (Å²) in [6, 6.07) is 57.7. The maximum Gasteiger partial charge on any atom is 0.0703 e. The van der Waals surface area contributed by atoms with Crippen LogP contribution in [0.25, 0.3) is 44.3 Å². The van der Waals surface area contributed by atoms with E-state index in [4.69, 9.17) is 4.98 Å². The van der Waals surface area contributed by atoms with Crippen LogP contribution in [0.3, 0.4) is 0 Å². The molecule has 7 rings (SSSR count). The molecular weight excluding hydrogens is 496 g/mol. The van der Waals surface area contributed by atoms with Gasteiger partial charge in [-0.3, -0.25) is 4.98 Å². The first-order valence-corrected chi connectivity index (χ1v) is 13.9. The summed E-state index contributed by atoms with van der Waals surface area (Å²) in [4.78, 5) is 7.26. The molecule has 1 aromatic heterocycles. The lowest BCUT2D eigenvalue weighted by atomic mass is 9.96. The maximum atomic E-state index is 4.92. The van der Waals surface area contributed by atoms with Gasteiger partial charge in [-0.2, -0.15) is 0 Å². The number of benzene rings is 6. The molecule has 0 unspecified atom stereocenters. The van der Waals surface area contributed by atoms with E-state index in [1.54, 1.807) is 0 Å². The Bertz CT molecular complexity index is 1910. The molecule has 2 heteroatoms. The van der Waals surface area contributed by atoms with E-state index >= 15 is 0 Å². The number of hydrogen-bond acceptors (Lipinski definition) is 2. The molecule has 0 atom stereocenters. The number of fused-ring (bicyclic) bond motifs is 1. The largest absolute Gasteiger partial charge is 0.308 e. The molecule has 0 aliphatic carbocycles. The monoisotopic (exact) mass is 524 g/mol. The molecule has 0 saturated carbocycles. The summed E-state index contributed by atoms with van der Waals surface area (Å²) in [6.45, 7) is 0. The van der Waals surface area contributed by atoms with E-state index < -0.39 is 0 Å². The Kier molecular flexibility index (Phi) is 6.56. The van der Waals surface area contributed by atoms with Gasteiger partial charge in [-0.05, 0) is 58.0 Å². The third kappa shape index (κ3) is 4.88. The minimum absolute atomic E-state index is 0.954. The fraction of sp³-hybridized carbons (Fsp3) is 0. The Hall–Kier alpha value is -5.47. The standard InChI is InChI=1S/C39H28N2/c1-4-13-29(14-5-1)33-21-10-22-34(27-33)41(35-25-26-37(40-28-35)31-17-8-3-9-18-31)38-24-12-20-32-19-11-23-36(39(32)38)30-15-6-2-7-16-30/h1-28H. The van der Waals surface area contributed by atoms with Gasteiger partial charge in [0, 0.05) is 16.6 Å². The van der Waals surface area contributed by atoms with Crippen LogP contribution in [0.4, 0.5) is 17.1 Å². The number of pyridine rings is 1. The van der Waals surface area contributed by atoms with Gasteiger partial charge in [-0.25, -0.2) is 0 Å². The maximum absolute atomic E-state index is 4.92. The molecule has 1 heterocycles. The van der Waals surface area contributed by atoms with Gasteiger partial charge < -0.3 is 4.90 Å². The Morgan fingerprint density at radius 2 is 1.02 bits per heavy atom. The Balaban J connectivity index is 1.45. The van der Waals surface area contributed by atoms with Crippen LogP contribution in [0.15, 0.2) is 170 Å². The van der Waals surface area contributed by atoms with E-state index in [9.17, 15) is 0 Å². The smallest absolute Gasteiger partial charge is 0.0703 e. The van der Waals surface area contributed by atoms with Crippen LogP contribution in [-0.4, -0.2) is 4.98 Å². The number of nitrogens with zero attached hydrogens (tertiary/aromatic N) is 2. The molecule has 0 aliphatic heterocycles. The fourth-order valence-corrected chi connectivity index (χ4v) is 5.55. The van der Waals surface area contributed by atoms with Gasteiger partial charge in [-0.1, -0.05) is 133 Å². The Morgan fingerprint density at radius 3 is 1.71 bits per heavy atom. The summed E-state index contributed by atoms with van der Waals surface area (Å²) in [5.74, 6) is 0. The van der Waals surface area contributed by atoms with Gasteiger partial charge in [0.25, 0.3) is 0 Å². The molecule has 0 aliphatic rings. The zero-order chi connectivity index (χ0) is 27.4. The molecule has 0 fully saturated rings. The highest BCUT2D eigenvalue weighted by molar-refractivity contribution is 6.07. The van der Waals surface area contributed by atoms with E-state index in [0.29, 0.717) is 0 Å². The van der Waals surface area contributed by atoms with Crippen molar-refractivity contribution in [1.82, 2.24) is 4.98 Å². The summed E-state index contributed by atoms with van der Waals surface area (Å²) < 4.78 is 0. The quantitative estimate of drug-likeness (QED) is 0.215. The van der Waals surface area contributed by atoms with Gasteiger partial charge >= 0.3 is 0 Å². The molecule has 0 radical (unpaired) electrons. The van der Waals surface area contributed by atoms with Crippen molar-refractivity contribution in [3.05, 3.63) is 170 Å². The van der Waals surface area contributed by atoms with Gasteiger partial charge in [0.15, 0.2) is 0 Å². The molecule has 0 saturated heterocycles. The molecule has 2 nitrogen and oxygen atoms in total. The number of hydrogen-bond donors (Lipinski definition) is 0. The summed E-state index contributed by atoms with van der Waals surface area (Å²) >= 11 is 0. The van der Waals surface area contributed by atoms with Crippen molar-refractivity contribution in [2.24, 2.45) is 0 Å². The molecule has 194 valence electrons. The molecule has 0 bridgehead atoms. The molecule has 41 heavy (non-hydrogen) atoms. The third-order valence-electron chi connectivity index (χ3n) is 7.50. The van der Waals surface area contributed by atoms with Crippen LogP contribution in [0.1, 0.15) is 0 Å².